The Bertz CT molecular complexity index is 575. The molecule has 7 heteroatoms. The Morgan fingerprint density at radius 3 is 2.90 bits per heavy atom. The lowest BCUT2D eigenvalue weighted by atomic mass is 10.2. The molecule has 3 rings (SSSR count). The van der Waals surface area contributed by atoms with Crippen molar-refractivity contribution >= 4 is 11.8 Å². The van der Waals surface area contributed by atoms with Gasteiger partial charge in [-0.25, -0.2) is 4.39 Å². The van der Waals surface area contributed by atoms with E-state index in [0.29, 0.717) is 30.4 Å². The fourth-order valence-electron chi connectivity index (χ4n) is 2.05. The Balaban J connectivity index is 1.58. The number of hydrogen-bond donors (Lipinski definition) is 2. The van der Waals surface area contributed by atoms with Gasteiger partial charge in [-0.2, -0.15) is 4.98 Å². The maximum absolute atomic E-state index is 12.8. The average molecular weight is 295 g/mol. The van der Waals surface area contributed by atoms with E-state index in [0.717, 1.165) is 4.90 Å². The quantitative estimate of drug-likeness (QED) is 0.839. The van der Waals surface area contributed by atoms with Crippen LogP contribution >= 0.6 is 11.8 Å². The molecule has 0 amide bonds. The summed E-state index contributed by atoms with van der Waals surface area (Å²) in [6, 6.07) is 6.22. The fraction of sp³-hybridized carbons (Fsp3) is 0.385. The van der Waals surface area contributed by atoms with Gasteiger partial charge in [0, 0.05) is 11.4 Å². The van der Waals surface area contributed by atoms with Crippen LogP contribution in [0.3, 0.4) is 0 Å². The topological polar surface area (TPSA) is 71.2 Å². The van der Waals surface area contributed by atoms with Gasteiger partial charge in [0.2, 0.25) is 5.89 Å². The summed E-state index contributed by atoms with van der Waals surface area (Å²) in [5, 5.41) is 16.5. The lowest BCUT2D eigenvalue weighted by Gasteiger charge is -2.01. The molecule has 2 aromatic rings. The van der Waals surface area contributed by atoms with Crippen LogP contribution in [-0.2, 0) is 5.75 Å². The molecule has 0 saturated carbocycles. The SMILES string of the molecule is OC1CNC(c2nc(CSc3ccc(F)cc3)no2)C1. The van der Waals surface area contributed by atoms with E-state index in [1.54, 1.807) is 12.1 Å². The van der Waals surface area contributed by atoms with Crippen LogP contribution in [0.4, 0.5) is 4.39 Å². The maximum atomic E-state index is 12.8. The molecular formula is C13H14FN3O2S. The third-order valence-corrected chi connectivity index (χ3v) is 4.08. The van der Waals surface area contributed by atoms with Crippen molar-refractivity contribution < 1.29 is 14.0 Å². The molecule has 1 aromatic heterocycles. The fourth-order valence-corrected chi connectivity index (χ4v) is 2.79. The molecule has 1 saturated heterocycles. The van der Waals surface area contributed by atoms with Crippen LogP contribution in [0.1, 0.15) is 24.2 Å². The normalized spacial score (nSPS) is 22.3. The molecule has 1 aromatic carbocycles. The first-order valence-electron chi connectivity index (χ1n) is 6.33. The molecule has 2 heterocycles. The molecule has 2 unspecified atom stereocenters. The van der Waals surface area contributed by atoms with Crippen molar-refractivity contribution in [2.45, 2.75) is 29.2 Å². The summed E-state index contributed by atoms with van der Waals surface area (Å²) in [5.41, 5.74) is 0. The number of β-amino-alcohol motifs (C(OH)–C–C–N with tert-alkyl or cyclic N) is 1. The van der Waals surface area contributed by atoms with Gasteiger partial charge < -0.3 is 14.9 Å². The second kappa shape index (κ2) is 5.90. The van der Waals surface area contributed by atoms with Crippen LogP contribution in [0.25, 0.3) is 0 Å². The molecule has 2 N–H and O–H groups in total. The number of aromatic nitrogens is 2. The van der Waals surface area contributed by atoms with Crippen molar-refractivity contribution in [1.82, 2.24) is 15.5 Å². The van der Waals surface area contributed by atoms with Crippen LogP contribution in [0, 0.1) is 5.82 Å². The summed E-state index contributed by atoms with van der Waals surface area (Å²) < 4.78 is 18.0. The van der Waals surface area contributed by atoms with Crippen LogP contribution in [-0.4, -0.2) is 27.9 Å². The predicted molar refractivity (Wildman–Crippen MR) is 71.6 cm³/mol. The van der Waals surface area contributed by atoms with Crippen molar-refractivity contribution in [1.29, 1.82) is 0 Å². The van der Waals surface area contributed by atoms with Crippen molar-refractivity contribution in [2.24, 2.45) is 0 Å². The summed E-state index contributed by atoms with van der Waals surface area (Å²) in [6.45, 7) is 0.548. The van der Waals surface area contributed by atoms with Gasteiger partial charge in [0.25, 0.3) is 0 Å². The van der Waals surface area contributed by atoms with E-state index in [1.807, 2.05) is 0 Å². The molecule has 5 nitrogen and oxygen atoms in total. The van der Waals surface area contributed by atoms with E-state index in [4.69, 9.17) is 4.52 Å². The zero-order chi connectivity index (χ0) is 13.9. The molecule has 0 aliphatic carbocycles. The minimum Gasteiger partial charge on any atom is -0.392 e. The number of aliphatic hydroxyl groups excluding tert-OH is 1. The predicted octanol–water partition coefficient (Wildman–Crippen LogP) is 1.90. The molecule has 1 aliphatic rings. The van der Waals surface area contributed by atoms with Gasteiger partial charge in [0.15, 0.2) is 5.82 Å². The molecule has 106 valence electrons. The number of aliphatic hydroxyl groups is 1. The number of nitrogens with zero attached hydrogens (tertiary/aromatic N) is 2. The Kier molecular flexibility index (Phi) is 4.00. The first-order valence-corrected chi connectivity index (χ1v) is 7.31. The van der Waals surface area contributed by atoms with Crippen LogP contribution in [0.15, 0.2) is 33.7 Å². The highest BCUT2D eigenvalue weighted by molar-refractivity contribution is 7.98. The zero-order valence-electron chi connectivity index (χ0n) is 10.6. The van der Waals surface area contributed by atoms with Crippen molar-refractivity contribution in [2.75, 3.05) is 6.54 Å². The number of benzene rings is 1. The zero-order valence-corrected chi connectivity index (χ0v) is 11.4. The van der Waals surface area contributed by atoms with Gasteiger partial charge in [-0.1, -0.05) is 5.16 Å². The largest absolute Gasteiger partial charge is 0.392 e. The van der Waals surface area contributed by atoms with Gasteiger partial charge in [-0.15, -0.1) is 11.8 Å². The van der Waals surface area contributed by atoms with Gasteiger partial charge in [0.05, 0.1) is 17.9 Å². The number of halogens is 1. The van der Waals surface area contributed by atoms with Crippen LogP contribution in [0.5, 0.6) is 0 Å². The number of thioether (sulfide) groups is 1. The first-order chi connectivity index (χ1) is 9.70. The van der Waals surface area contributed by atoms with Crippen molar-refractivity contribution in [3.63, 3.8) is 0 Å². The molecule has 2 atom stereocenters. The molecule has 1 fully saturated rings. The highest BCUT2D eigenvalue weighted by Gasteiger charge is 2.27. The van der Waals surface area contributed by atoms with Gasteiger partial charge in [-0.3, -0.25) is 0 Å². The summed E-state index contributed by atoms with van der Waals surface area (Å²) in [5.74, 6) is 1.42. The summed E-state index contributed by atoms with van der Waals surface area (Å²) in [4.78, 5) is 5.26. The number of nitrogens with one attached hydrogen (secondary N) is 1. The molecule has 0 bridgehead atoms. The third-order valence-electron chi connectivity index (χ3n) is 3.07. The second-order valence-electron chi connectivity index (χ2n) is 4.64. The summed E-state index contributed by atoms with van der Waals surface area (Å²) in [7, 11) is 0. The number of hydrogen-bond acceptors (Lipinski definition) is 6. The third kappa shape index (κ3) is 3.17. The average Bonchev–Trinajstić information content (AvgIpc) is 3.07. The van der Waals surface area contributed by atoms with E-state index in [2.05, 4.69) is 15.5 Å². The minimum atomic E-state index is -0.357. The number of rotatable bonds is 4. The Morgan fingerprint density at radius 2 is 2.20 bits per heavy atom. The minimum absolute atomic E-state index is 0.0675. The summed E-state index contributed by atoms with van der Waals surface area (Å²) in [6.07, 6.45) is 0.233. The highest BCUT2D eigenvalue weighted by atomic mass is 32.2. The molecule has 20 heavy (non-hydrogen) atoms. The molecule has 0 radical (unpaired) electrons. The smallest absolute Gasteiger partial charge is 0.243 e. The molecule has 0 spiro atoms. The highest BCUT2D eigenvalue weighted by Crippen LogP contribution is 2.25. The monoisotopic (exact) mass is 295 g/mol. The Labute approximate surface area is 119 Å². The van der Waals surface area contributed by atoms with Crippen LogP contribution in [0.2, 0.25) is 0 Å². The lowest BCUT2D eigenvalue weighted by Crippen LogP contribution is -2.15. The Morgan fingerprint density at radius 1 is 1.40 bits per heavy atom. The van der Waals surface area contributed by atoms with Crippen molar-refractivity contribution in [3.8, 4) is 0 Å². The van der Waals surface area contributed by atoms with E-state index in [9.17, 15) is 9.50 Å². The molecule has 1 aliphatic heterocycles. The van der Waals surface area contributed by atoms with Crippen LogP contribution < -0.4 is 5.32 Å². The standard InChI is InChI=1S/C13H14FN3O2S/c14-8-1-3-10(4-2-8)20-7-12-16-13(19-17-12)11-5-9(18)6-15-11/h1-4,9,11,15,18H,5-7H2. The van der Waals surface area contributed by atoms with E-state index >= 15 is 0 Å². The van der Waals surface area contributed by atoms with Gasteiger partial charge in [-0.05, 0) is 30.7 Å². The first kappa shape index (κ1) is 13.5. The van der Waals surface area contributed by atoms with Crippen molar-refractivity contribution in [3.05, 3.63) is 41.8 Å². The van der Waals surface area contributed by atoms with E-state index in [-0.39, 0.29) is 18.0 Å². The van der Waals surface area contributed by atoms with Gasteiger partial charge in [0.1, 0.15) is 5.82 Å². The lowest BCUT2D eigenvalue weighted by molar-refractivity contribution is 0.191. The Hall–Kier alpha value is -1.44. The van der Waals surface area contributed by atoms with E-state index in [1.165, 1.54) is 23.9 Å². The molecular weight excluding hydrogens is 281 g/mol. The summed E-state index contributed by atoms with van der Waals surface area (Å²) >= 11 is 1.52. The second-order valence-corrected chi connectivity index (χ2v) is 5.69. The van der Waals surface area contributed by atoms with Gasteiger partial charge >= 0.3 is 0 Å². The maximum Gasteiger partial charge on any atom is 0.243 e. The van der Waals surface area contributed by atoms with E-state index < -0.39 is 0 Å².